The number of aromatic amines is 1. The number of aliphatic imine (C=N–C) groups is 1. The fourth-order valence-corrected chi connectivity index (χ4v) is 6.75. The highest BCUT2D eigenvalue weighted by atomic mass is 32.1. The smallest absolute Gasteiger partial charge is 0.305 e. The minimum absolute atomic E-state index is 0.0592. The number of aromatic nitrogens is 4. The number of thiol groups is 1. The summed E-state index contributed by atoms with van der Waals surface area (Å²) in [6, 6.07) is 26.1. The first-order chi connectivity index (χ1) is 24.3. The van der Waals surface area contributed by atoms with Crippen molar-refractivity contribution in [2.45, 2.75) is 76.8 Å². The second-order valence-corrected chi connectivity index (χ2v) is 13.1. The number of unbranched alkanes of at least 4 members (excludes halogenated alkanes) is 1. The molecule has 4 aromatic rings. The van der Waals surface area contributed by atoms with Gasteiger partial charge in [-0.1, -0.05) is 105 Å². The van der Waals surface area contributed by atoms with Crippen molar-refractivity contribution < 1.29 is 19.5 Å². The topological polar surface area (TPSA) is 154 Å². The molecule has 2 amide bonds. The molecule has 12 heteroatoms. The first-order valence-corrected chi connectivity index (χ1v) is 17.9. The van der Waals surface area contributed by atoms with Crippen molar-refractivity contribution >= 4 is 36.2 Å². The van der Waals surface area contributed by atoms with Crippen LogP contribution < -0.4 is 5.32 Å². The monoisotopic (exact) mass is 695 g/mol. The number of hydrogen-bond donors (Lipinski definition) is 4. The number of carboxylic acids is 1. The molecule has 11 nitrogen and oxygen atoms in total. The Kier molecular flexibility index (Phi) is 12.9. The molecule has 2 aliphatic rings. The summed E-state index contributed by atoms with van der Waals surface area (Å²) in [4.78, 5) is 42.5. The predicted molar refractivity (Wildman–Crippen MR) is 197 cm³/mol. The van der Waals surface area contributed by atoms with E-state index in [2.05, 4.69) is 75.8 Å². The highest BCUT2D eigenvalue weighted by Crippen LogP contribution is 2.40. The number of amides is 2. The average Bonchev–Trinajstić information content (AvgIpc) is 3.90. The molecule has 1 fully saturated rings. The molecule has 1 atom stereocenters. The standard InChI is InChI=1S/C25H28N6O.C13H17NO3S/c1-2-3-10-22-26-25(15-6-7-16-25)24(32)31(22)17-18-11-13-19(14-12-18)20-8-4-5-9-21(20)23-27-29-30-28-23;15-12(16)6-7-14-13(17)11(9-18)8-10-4-2-1-3-5-10/h4-5,8-9,11-14H,2-3,6-7,10,15-17H2,1H3,(H,27,28,29,30);1-5,11,18H,6-9H2,(H,14,17)(H,15,16). The highest BCUT2D eigenvalue weighted by molar-refractivity contribution is 7.80. The van der Waals surface area contributed by atoms with Gasteiger partial charge in [-0.2, -0.15) is 17.8 Å². The van der Waals surface area contributed by atoms with E-state index in [1.807, 2.05) is 53.4 Å². The van der Waals surface area contributed by atoms with Gasteiger partial charge in [0.15, 0.2) is 0 Å². The lowest BCUT2D eigenvalue weighted by Gasteiger charge is -2.23. The van der Waals surface area contributed by atoms with Gasteiger partial charge in [-0.15, -0.1) is 10.2 Å². The van der Waals surface area contributed by atoms with Crippen LogP contribution in [0, 0.1) is 5.92 Å². The number of rotatable bonds is 14. The van der Waals surface area contributed by atoms with Crippen molar-refractivity contribution in [2.75, 3.05) is 12.3 Å². The molecule has 1 spiro atoms. The maximum atomic E-state index is 13.4. The molecule has 1 aromatic heterocycles. The summed E-state index contributed by atoms with van der Waals surface area (Å²) >= 11 is 4.17. The van der Waals surface area contributed by atoms with Gasteiger partial charge < -0.3 is 10.4 Å². The number of carboxylic acid groups (broad SMARTS) is 1. The van der Waals surface area contributed by atoms with Crippen LogP contribution in [0.4, 0.5) is 0 Å². The summed E-state index contributed by atoms with van der Waals surface area (Å²) in [5.41, 5.74) is 4.76. The van der Waals surface area contributed by atoms with Gasteiger partial charge in [0.2, 0.25) is 11.7 Å². The van der Waals surface area contributed by atoms with Crippen molar-refractivity contribution in [1.82, 2.24) is 30.8 Å². The number of carbonyl (C=O) groups excluding carboxylic acids is 2. The minimum atomic E-state index is -0.916. The van der Waals surface area contributed by atoms with Crippen LogP contribution in [-0.2, 0) is 27.3 Å². The van der Waals surface area contributed by atoms with E-state index < -0.39 is 11.5 Å². The summed E-state index contributed by atoms with van der Waals surface area (Å²) in [6.07, 6.45) is 7.57. The number of carbonyl (C=O) groups is 3. The molecule has 6 rings (SSSR count). The number of nitrogens with zero attached hydrogens (tertiary/aromatic N) is 5. The molecular weight excluding hydrogens is 651 g/mol. The normalized spacial score (nSPS) is 15.4. The maximum Gasteiger partial charge on any atom is 0.305 e. The van der Waals surface area contributed by atoms with Crippen molar-refractivity contribution in [3.05, 3.63) is 90.0 Å². The van der Waals surface area contributed by atoms with Crippen molar-refractivity contribution in [3.8, 4) is 22.5 Å². The third-order valence-electron chi connectivity index (χ3n) is 9.16. The van der Waals surface area contributed by atoms with E-state index in [4.69, 9.17) is 10.1 Å². The Labute approximate surface area is 298 Å². The molecule has 50 heavy (non-hydrogen) atoms. The Balaban J connectivity index is 0.000000231. The van der Waals surface area contributed by atoms with E-state index in [-0.39, 0.29) is 30.7 Å². The fraction of sp³-hybridized carbons (Fsp3) is 0.395. The van der Waals surface area contributed by atoms with E-state index in [9.17, 15) is 14.4 Å². The van der Waals surface area contributed by atoms with Gasteiger partial charge in [-0.05, 0) is 53.2 Å². The van der Waals surface area contributed by atoms with Crippen molar-refractivity contribution in [1.29, 1.82) is 0 Å². The van der Waals surface area contributed by atoms with E-state index in [0.717, 1.165) is 78.6 Å². The van der Waals surface area contributed by atoms with Gasteiger partial charge in [0.05, 0.1) is 18.9 Å². The lowest BCUT2D eigenvalue weighted by Crippen LogP contribution is -2.40. The molecule has 0 saturated heterocycles. The second-order valence-electron chi connectivity index (χ2n) is 12.7. The number of amidine groups is 1. The minimum Gasteiger partial charge on any atom is -0.481 e. The summed E-state index contributed by atoms with van der Waals surface area (Å²) < 4.78 is 0. The van der Waals surface area contributed by atoms with Crippen LogP contribution in [-0.4, -0.2) is 72.1 Å². The number of aliphatic carboxylic acids is 1. The van der Waals surface area contributed by atoms with E-state index in [1.54, 1.807) is 0 Å². The van der Waals surface area contributed by atoms with Crippen molar-refractivity contribution in [3.63, 3.8) is 0 Å². The van der Waals surface area contributed by atoms with Gasteiger partial charge in [0.1, 0.15) is 11.4 Å². The van der Waals surface area contributed by atoms with Crippen LogP contribution >= 0.6 is 12.6 Å². The highest BCUT2D eigenvalue weighted by Gasteiger charge is 2.49. The maximum absolute atomic E-state index is 13.4. The summed E-state index contributed by atoms with van der Waals surface area (Å²) in [7, 11) is 0. The largest absolute Gasteiger partial charge is 0.481 e. The van der Waals surface area contributed by atoms with Gasteiger partial charge in [0, 0.05) is 24.3 Å². The zero-order chi connectivity index (χ0) is 35.3. The van der Waals surface area contributed by atoms with Gasteiger partial charge in [0.25, 0.3) is 5.91 Å². The predicted octanol–water partition coefficient (Wildman–Crippen LogP) is 6.14. The number of benzene rings is 3. The Hall–Kier alpha value is -4.84. The number of nitrogens with one attached hydrogen (secondary N) is 2. The molecule has 1 aliphatic heterocycles. The Morgan fingerprint density at radius 3 is 2.32 bits per heavy atom. The average molecular weight is 696 g/mol. The third-order valence-corrected chi connectivity index (χ3v) is 9.60. The Bertz CT molecular complexity index is 1740. The molecule has 3 aromatic carbocycles. The molecule has 1 aliphatic carbocycles. The first kappa shape index (κ1) is 36.4. The lowest BCUT2D eigenvalue weighted by molar-refractivity contribution is -0.137. The van der Waals surface area contributed by atoms with Gasteiger partial charge >= 0.3 is 5.97 Å². The first-order valence-electron chi connectivity index (χ1n) is 17.3. The molecule has 0 radical (unpaired) electrons. The van der Waals surface area contributed by atoms with Crippen LogP contribution in [0.25, 0.3) is 22.5 Å². The molecule has 2 heterocycles. The number of hydrogen-bond acceptors (Lipinski definition) is 8. The fourth-order valence-electron chi connectivity index (χ4n) is 6.45. The van der Waals surface area contributed by atoms with Crippen molar-refractivity contribution in [2.24, 2.45) is 10.9 Å². The van der Waals surface area contributed by atoms with Crippen LogP contribution in [0.15, 0.2) is 83.9 Å². The quantitative estimate of drug-likeness (QED) is 0.116. The third kappa shape index (κ3) is 9.23. The molecule has 262 valence electrons. The molecule has 3 N–H and O–H groups in total. The van der Waals surface area contributed by atoms with Crippen LogP contribution in [0.5, 0.6) is 0 Å². The van der Waals surface area contributed by atoms with E-state index >= 15 is 0 Å². The Morgan fingerprint density at radius 1 is 0.980 bits per heavy atom. The summed E-state index contributed by atoms with van der Waals surface area (Å²) in [5.74, 6) is 0.901. The van der Waals surface area contributed by atoms with Crippen LogP contribution in [0.2, 0.25) is 0 Å². The zero-order valence-electron chi connectivity index (χ0n) is 28.4. The molecule has 1 unspecified atom stereocenters. The Morgan fingerprint density at radius 2 is 1.68 bits per heavy atom. The van der Waals surface area contributed by atoms with Gasteiger partial charge in [-0.25, -0.2) is 0 Å². The summed E-state index contributed by atoms with van der Waals surface area (Å²) in [5, 5.41) is 25.6. The van der Waals surface area contributed by atoms with Crippen LogP contribution in [0.1, 0.15) is 69.4 Å². The zero-order valence-corrected chi connectivity index (χ0v) is 29.3. The van der Waals surface area contributed by atoms with E-state index in [1.165, 1.54) is 0 Å². The molecule has 1 saturated carbocycles. The number of tetrazole rings is 1. The van der Waals surface area contributed by atoms with Gasteiger partial charge in [-0.3, -0.25) is 24.3 Å². The second kappa shape index (κ2) is 17.7. The number of H-pyrrole nitrogens is 1. The SMILES string of the molecule is CCCCC1=NC2(CCCC2)C(=O)N1Cc1ccc(-c2ccccc2-c2nn[nH]n2)cc1.O=C(O)CCNC(=O)C(CS)Cc1ccccc1. The molecule has 0 bridgehead atoms. The van der Waals surface area contributed by atoms with Crippen LogP contribution in [0.3, 0.4) is 0 Å². The summed E-state index contributed by atoms with van der Waals surface area (Å²) in [6.45, 7) is 2.92. The lowest BCUT2D eigenvalue weighted by atomic mass is 9.97. The molecular formula is C38H45N7O4S. The van der Waals surface area contributed by atoms with E-state index in [0.29, 0.717) is 24.5 Å².